The van der Waals surface area contributed by atoms with Gasteiger partial charge in [-0.25, -0.2) is 0 Å². The Bertz CT molecular complexity index is 321. The fourth-order valence-corrected chi connectivity index (χ4v) is 1.34. The van der Waals surface area contributed by atoms with E-state index in [1.165, 1.54) is 5.32 Å². The minimum atomic E-state index is -6.00. The van der Waals surface area contributed by atoms with E-state index in [2.05, 4.69) is 11.6 Å². The quantitative estimate of drug-likeness (QED) is 0.388. The topological polar surface area (TPSA) is 49.3 Å². The Kier molecular flexibility index (Phi) is 7.09. The van der Waals surface area contributed by atoms with Crippen LogP contribution >= 0.6 is 11.6 Å². The summed E-state index contributed by atoms with van der Waals surface area (Å²) in [5.74, 6) is -14.1. The predicted octanol–water partition coefficient (Wildman–Crippen LogP) is 2.76. The molecule has 0 aliphatic heterocycles. The maximum absolute atomic E-state index is 13.0. The Morgan fingerprint density at radius 1 is 1.00 bits per heavy atom. The van der Waals surface area contributed by atoms with Gasteiger partial charge in [-0.2, -0.15) is 26.3 Å². The summed E-state index contributed by atoms with van der Waals surface area (Å²) in [6.07, 6.45) is 1.67. The van der Waals surface area contributed by atoms with Crippen LogP contribution in [0, 0.1) is 0 Å². The molecule has 0 unspecified atom stereocenters. The number of hydrogen-bond acceptors (Lipinski definition) is 2. The van der Waals surface area contributed by atoms with E-state index in [0.29, 0.717) is 19.3 Å². The highest BCUT2D eigenvalue weighted by Gasteiger charge is 2.74. The van der Waals surface area contributed by atoms with Crippen LogP contribution in [0.15, 0.2) is 0 Å². The maximum Gasteiger partial charge on any atom is 0.395 e. The average Bonchev–Trinajstić information content (AvgIpc) is 2.31. The number of unbranched alkanes of at least 4 members (excludes halogenated alkanes) is 3. The van der Waals surface area contributed by atoms with Crippen LogP contribution in [0.25, 0.3) is 0 Å². The molecule has 0 radical (unpaired) electrons. The van der Waals surface area contributed by atoms with Crippen molar-refractivity contribution in [2.45, 2.75) is 42.9 Å². The summed E-state index contributed by atoms with van der Waals surface area (Å²) in [7, 11) is 0. The largest absolute Gasteiger partial charge is 0.396 e. The lowest BCUT2D eigenvalue weighted by molar-refractivity contribution is -0.269. The summed E-state index contributed by atoms with van der Waals surface area (Å²) in [5.41, 5.74) is 0. The molecule has 0 heterocycles. The number of rotatable bonds is 9. The van der Waals surface area contributed by atoms with Gasteiger partial charge in [0.15, 0.2) is 0 Å². The second-order valence-corrected chi connectivity index (χ2v) is 4.51. The highest BCUT2D eigenvalue weighted by atomic mass is 35.5. The number of aliphatic hydroxyl groups is 1. The van der Waals surface area contributed by atoms with Gasteiger partial charge in [-0.15, -0.1) is 0 Å². The third kappa shape index (κ3) is 4.69. The molecule has 2 N–H and O–H groups in total. The number of nitrogens with one attached hydrogen (secondary N) is 1. The number of halogens is 7. The van der Waals surface area contributed by atoms with Gasteiger partial charge in [0.05, 0.1) is 0 Å². The summed E-state index contributed by atoms with van der Waals surface area (Å²) in [5, 5.41) is 4.36. The average molecular weight is 330 g/mol. The molecule has 0 bridgehead atoms. The van der Waals surface area contributed by atoms with Crippen LogP contribution in [0.2, 0.25) is 0 Å². The van der Waals surface area contributed by atoms with Crippen molar-refractivity contribution in [2.75, 3.05) is 13.2 Å². The zero-order valence-corrected chi connectivity index (χ0v) is 11.0. The van der Waals surface area contributed by atoms with Gasteiger partial charge in [-0.1, -0.05) is 12.8 Å². The fourth-order valence-electron chi connectivity index (χ4n) is 1.22. The van der Waals surface area contributed by atoms with Gasteiger partial charge in [0, 0.05) is 13.2 Å². The molecule has 0 aromatic rings. The standard InChI is InChI=1S/C10H14ClF6NO2/c11-10(16,17)9(14,15)8(12,13)7(20)18-5-3-1-2-4-6-19/h19H,1-6H2,(H,18,20). The molecule has 0 saturated heterocycles. The maximum atomic E-state index is 13.0. The van der Waals surface area contributed by atoms with Crippen molar-refractivity contribution < 1.29 is 36.2 Å². The first-order valence-corrected chi connectivity index (χ1v) is 6.07. The number of amides is 1. The summed E-state index contributed by atoms with van der Waals surface area (Å²) < 4.78 is 75.8. The molecule has 0 aliphatic carbocycles. The molecule has 0 fully saturated rings. The highest BCUT2D eigenvalue weighted by Crippen LogP contribution is 2.47. The third-order valence-electron chi connectivity index (χ3n) is 2.41. The number of aliphatic hydroxyl groups excluding tert-OH is 1. The van der Waals surface area contributed by atoms with Crippen LogP contribution in [0.5, 0.6) is 0 Å². The van der Waals surface area contributed by atoms with E-state index in [-0.39, 0.29) is 19.6 Å². The highest BCUT2D eigenvalue weighted by molar-refractivity contribution is 6.22. The Morgan fingerprint density at radius 3 is 1.95 bits per heavy atom. The zero-order chi connectivity index (χ0) is 16.0. The van der Waals surface area contributed by atoms with E-state index in [4.69, 9.17) is 5.11 Å². The van der Waals surface area contributed by atoms with E-state index in [1.807, 2.05) is 0 Å². The predicted molar refractivity (Wildman–Crippen MR) is 59.3 cm³/mol. The van der Waals surface area contributed by atoms with Crippen LogP contribution in [0.4, 0.5) is 26.3 Å². The molecule has 0 aromatic carbocycles. The summed E-state index contributed by atoms with van der Waals surface area (Å²) in [6, 6.07) is 0. The molecular formula is C10H14ClF6NO2. The van der Waals surface area contributed by atoms with E-state index < -0.39 is 23.1 Å². The Balaban J connectivity index is 4.39. The Morgan fingerprint density at radius 2 is 1.50 bits per heavy atom. The Hall–Kier alpha value is -0.700. The van der Waals surface area contributed by atoms with Gasteiger partial charge >= 0.3 is 17.2 Å². The molecule has 10 heteroatoms. The van der Waals surface area contributed by atoms with Gasteiger partial charge in [0.25, 0.3) is 5.91 Å². The number of carbonyl (C=O) groups excluding carboxylic acids is 1. The normalized spacial score (nSPS) is 13.4. The second-order valence-electron chi connectivity index (χ2n) is 4.04. The summed E-state index contributed by atoms with van der Waals surface area (Å²) >= 11 is 3.90. The first-order valence-electron chi connectivity index (χ1n) is 5.70. The van der Waals surface area contributed by atoms with Crippen LogP contribution in [0.1, 0.15) is 25.7 Å². The number of hydrogen-bond donors (Lipinski definition) is 2. The lowest BCUT2D eigenvalue weighted by atomic mass is 10.1. The van der Waals surface area contributed by atoms with Crippen LogP contribution in [0.3, 0.4) is 0 Å². The molecule has 3 nitrogen and oxygen atoms in total. The van der Waals surface area contributed by atoms with E-state index in [9.17, 15) is 31.1 Å². The molecule has 0 aromatic heterocycles. The van der Waals surface area contributed by atoms with Gasteiger partial charge in [0.1, 0.15) is 0 Å². The van der Waals surface area contributed by atoms with E-state index >= 15 is 0 Å². The van der Waals surface area contributed by atoms with E-state index in [1.54, 1.807) is 0 Å². The van der Waals surface area contributed by atoms with Crippen molar-refractivity contribution in [3.05, 3.63) is 0 Å². The van der Waals surface area contributed by atoms with Gasteiger partial charge < -0.3 is 10.4 Å². The third-order valence-corrected chi connectivity index (χ3v) is 2.64. The SMILES string of the molecule is O=C(NCCCCCCO)C(F)(F)C(F)(F)C(F)(F)Cl. The smallest absolute Gasteiger partial charge is 0.395 e. The molecule has 0 spiro atoms. The molecule has 120 valence electrons. The van der Waals surface area contributed by atoms with Crippen molar-refractivity contribution in [1.29, 1.82) is 0 Å². The monoisotopic (exact) mass is 329 g/mol. The lowest BCUT2D eigenvalue weighted by Gasteiger charge is -2.28. The molecule has 0 aliphatic rings. The number of alkyl halides is 7. The minimum Gasteiger partial charge on any atom is -0.396 e. The van der Waals surface area contributed by atoms with Crippen molar-refractivity contribution >= 4 is 17.5 Å². The molecule has 0 saturated carbocycles. The van der Waals surface area contributed by atoms with Crippen LogP contribution in [-0.4, -0.2) is 41.4 Å². The number of carbonyl (C=O) groups is 1. The van der Waals surface area contributed by atoms with Crippen molar-refractivity contribution in [1.82, 2.24) is 5.32 Å². The molecule has 20 heavy (non-hydrogen) atoms. The minimum absolute atomic E-state index is 0.0541. The lowest BCUT2D eigenvalue weighted by Crippen LogP contribution is -2.59. The van der Waals surface area contributed by atoms with Crippen molar-refractivity contribution in [3.63, 3.8) is 0 Å². The van der Waals surface area contributed by atoms with Gasteiger partial charge in [-0.05, 0) is 24.4 Å². The summed E-state index contributed by atoms with van der Waals surface area (Å²) in [4.78, 5) is 10.9. The zero-order valence-electron chi connectivity index (χ0n) is 10.2. The second kappa shape index (κ2) is 7.35. The molecule has 0 rings (SSSR count). The first kappa shape index (κ1) is 19.3. The van der Waals surface area contributed by atoms with Gasteiger partial charge in [-0.3, -0.25) is 4.79 Å². The van der Waals surface area contributed by atoms with Gasteiger partial charge in [0.2, 0.25) is 0 Å². The Labute approximate surface area is 116 Å². The van der Waals surface area contributed by atoms with Crippen LogP contribution < -0.4 is 5.32 Å². The van der Waals surface area contributed by atoms with Crippen molar-refractivity contribution in [2.24, 2.45) is 0 Å². The molecular weight excluding hydrogens is 316 g/mol. The molecule has 1 amide bonds. The fraction of sp³-hybridized carbons (Fsp3) is 0.900. The summed E-state index contributed by atoms with van der Waals surface area (Å²) in [6.45, 7) is -0.425. The molecule has 0 atom stereocenters. The first-order chi connectivity index (χ1) is 8.98. The van der Waals surface area contributed by atoms with Crippen molar-refractivity contribution in [3.8, 4) is 0 Å². The van der Waals surface area contributed by atoms with Crippen LogP contribution in [-0.2, 0) is 4.79 Å². The van der Waals surface area contributed by atoms with E-state index in [0.717, 1.165) is 0 Å².